The van der Waals surface area contributed by atoms with E-state index in [1.807, 2.05) is 27.0 Å². The molecule has 0 fully saturated rings. The number of nitrogens with one attached hydrogen (secondary N) is 1. The summed E-state index contributed by atoms with van der Waals surface area (Å²) in [5.41, 5.74) is 5.02. The zero-order valence-electron chi connectivity index (χ0n) is 20.1. The maximum absolute atomic E-state index is 9.03. The number of anilines is 1. The van der Waals surface area contributed by atoms with Crippen LogP contribution in [0.1, 0.15) is 61.8 Å². The summed E-state index contributed by atoms with van der Waals surface area (Å²) in [6.07, 6.45) is 3.90. The van der Waals surface area contributed by atoms with Crippen molar-refractivity contribution in [3.63, 3.8) is 0 Å². The first kappa shape index (κ1) is 25.6. The fourth-order valence-corrected chi connectivity index (χ4v) is 3.88. The normalized spacial score (nSPS) is 12.4. The average molecular weight is 434 g/mol. The molecule has 3 nitrogen and oxygen atoms in total. The van der Waals surface area contributed by atoms with E-state index in [-0.39, 0.29) is 6.61 Å². The zero-order chi connectivity index (χ0) is 23.2. The van der Waals surface area contributed by atoms with E-state index in [9.17, 15) is 0 Å². The lowest BCUT2D eigenvalue weighted by molar-refractivity contribution is 0.0105. The molecule has 3 aromatic carbocycles. The molecule has 0 aliphatic rings. The third-order valence-electron chi connectivity index (χ3n) is 5.59. The average Bonchev–Trinajstić information content (AvgIpc) is 2.86. The number of hydrogen-bond donors (Lipinski definition) is 2. The van der Waals surface area contributed by atoms with E-state index in [1.165, 1.54) is 5.56 Å². The zero-order valence-corrected chi connectivity index (χ0v) is 20.1. The van der Waals surface area contributed by atoms with Gasteiger partial charge in [0.25, 0.3) is 0 Å². The van der Waals surface area contributed by atoms with Crippen LogP contribution in [0.4, 0.5) is 5.69 Å². The van der Waals surface area contributed by atoms with Gasteiger partial charge in [-0.15, -0.1) is 0 Å². The van der Waals surface area contributed by atoms with Crippen molar-refractivity contribution in [2.24, 2.45) is 0 Å². The Balaban J connectivity index is 0.00000176. The van der Waals surface area contributed by atoms with E-state index >= 15 is 0 Å². The highest BCUT2D eigenvalue weighted by Gasteiger charge is 2.37. The Kier molecular flexibility index (Phi) is 11.0. The second-order valence-electron chi connectivity index (χ2n) is 7.73. The SMILES string of the molecule is CC.CNc1ccc(C(OCCCCCCO)(c2ccccc2)c2ccc(C)cc2)cc1. The minimum absolute atomic E-state index is 0.260. The van der Waals surface area contributed by atoms with Crippen LogP contribution in [0.5, 0.6) is 0 Å². The lowest BCUT2D eigenvalue weighted by Gasteiger charge is -2.36. The van der Waals surface area contributed by atoms with Gasteiger partial charge in [0.1, 0.15) is 5.60 Å². The van der Waals surface area contributed by atoms with Gasteiger partial charge in [-0.1, -0.05) is 99.0 Å². The summed E-state index contributed by atoms with van der Waals surface area (Å²) in [7, 11) is 1.93. The van der Waals surface area contributed by atoms with Crippen molar-refractivity contribution in [2.75, 3.05) is 25.6 Å². The molecule has 3 rings (SSSR count). The number of ether oxygens (including phenoxy) is 1. The maximum Gasteiger partial charge on any atom is 0.143 e. The van der Waals surface area contributed by atoms with Crippen LogP contribution in [0.3, 0.4) is 0 Å². The van der Waals surface area contributed by atoms with Crippen molar-refractivity contribution in [1.29, 1.82) is 0 Å². The largest absolute Gasteiger partial charge is 0.396 e. The lowest BCUT2D eigenvalue weighted by Crippen LogP contribution is -2.33. The molecule has 0 amide bonds. The maximum atomic E-state index is 9.03. The van der Waals surface area contributed by atoms with Gasteiger partial charge < -0.3 is 15.2 Å². The Morgan fingerprint density at radius 2 is 1.25 bits per heavy atom. The Morgan fingerprint density at radius 1 is 0.719 bits per heavy atom. The summed E-state index contributed by atoms with van der Waals surface area (Å²) >= 11 is 0. The van der Waals surface area contributed by atoms with E-state index < -0.39 is 5.60 Å². The predicted octanol–water partition coefficient (Wildman–Crippen LogP) is 6.92. The van der Waals surface area contributed by atoms with Gasteiger partial charge >= 0.3 is 0 Å². The fraction of sp³-hybridized carbons (Fsp3) is 0.379. The smallest absolute Gasteiger partial charge is 0.143 e. The minimum atomic E-state index is -0.668. The Labute approximate surface area is 194 Å². The van der Waals surface area contributed by atoms with Crippen LogP contribution < -0.4 is 5.32 Å². The van der Waals surface area contributed by atoms with Crippen molar-refractivity contribution < 1.29 is 9.84 Å². The van der Waals surface area contributed by atoms with Crippen LogP contribution in [-0.4, -0.2) is 25.4 Å². The van der Waals surface area contributed by atoms with Gasteiger partial charge in [-0.3, -0.25) is 0 Å². The monoisotopic (exact) mass is 433 g/mol. The van der Waals surface area contributed by atoms with Crippen molar-refractivity contribution in [3.8, 4) is 0 Å². The van der Waals surface area contributed by atoms with Crippen LogP contribution in [-0.2, 0) is 10.3 Å². The summed E-state index contributed by atoms with van der Waals surface area (Å²) in [5.74, 6) is 0. The van der Waals surface area contributed by atoms with Crippen LogP contribution >= 0.6 is 0 Å². The van der Waals surface area contributed by atoms with Gasteiger partial charge in [0, 0.05) is 25.9 Å². The molecule has 1 atom stereocenters. The molecule has 0 aliphatic carbocycles. The fourth-order valence-electron chi connectivity index (χ4n) is 3.88. The second kappa shape index (κ2) is 13.7. The first-order valence-corrected chi connectivity index (χ1v) is 11.9. The van der Waals surface area contributed by atoms with Crippen LogP contribution in [0.15, 0.2) is 78.9 Å². The number of aryl methyl sites for hydroxylation is 1. The molecular formula is C29H39NO2. The molecule has 172 valence electrons. The molecule has 32 heavy (non-hydrogen) atoms. The van der Waals surface area contributed by atoms with Crippen molar-refractivity contribution in [3.05, 3.63) is 101 Å². The van der Waals surface area contributed by atoms with Crippen molar-refractivity contribution >= 4 is 5.69 Å². The van der Waals surface area contributed by atoms with Crippen LogP contribution in [0.2, 0.25) is 0 Å². The van der Waals surface area contributed by atoms with E-state index in [1.54, 1.807) is 0 Å². The standard InChI is InChI=1S/C27H33NO2.C2H6/c1-22-12-14-24(15-13-22)27(23-10-6-5-7-11-23,30-21-9-4-3-8-20-29)25-16-18-26(28-2)19-17-25;1-2/h5-7,10-19,28-29H,3-4,8-9,20-21H2,1-2H3;1-2H3. The second-order valence-corrected chi connectivity index (χ2v) is 7.73. The van der Waals surface area contributed by atoms with E-state index in [0.717, 1.165) is 48.1 Å². The molecular weight excluding hydrogens is 394 g/mol. The highest BCUT2D eigenvalue weighted by Crippen LogP contribution is 2.41. The third kappa shape index (κ3) is 6.44. The molecule has 2 N–H and O–H groups in total. The lowest BCUT2D eigenvalue weighted by atomic mass is 9.79. The van der Waals surface area contributed by atoms with Crippen molar-refractivity contribution in [2.45, 2.75) is 52.1 Å². The molecule has 0 radical (unpaired) electrons. The molecule has 3 aromatic rings. The Morgan fingerprint density at radius 3 is 1.81 bits per heavy atom. The number of benzene rings is 3. The van der Waals surface area contributed by atoms with E-state index in [4.69, 9.17) is 9.84 Å². The highest BCUT2D eigenvalue weighted by atomic mass is 16.5. The number of rotatable bonds is 11. The van der Waals surface area contributed by atoms with Gasteiger partial charge in [-0.25, -0.2) is 0 Å². The molecule has 3 heteroatoms. The Bertz CT molecular complexity index is 875. The van der Waals surface area contributed by atoms with E-state index in [2.05, 4.69) is 85.0 Å². The van der Waals surface area contributed by atoms with Crippen molar-refractivity contribution in [1.82, 2.24) is 0 Å². The van der Waals surface area contributed by atoms with Crippen LogP contribution in [0, 0.1) is 6.92 Å². The summed E-state index contributed by atoms with van der Waals surface area (Å²) in [4.78, 5) is 0. The van der Waals surface area contributed by atoms with Crippen LogP contribution in [0.25, 0.3) is 0 Å². The third-order valence-corrected chi connectivity index (χ3v) is 5.59. The topological polar surface area (TPSA) is 41.5 Å². The van der Waals surface area contributed by atoms with Gasteiger partial charge in [0.2, 0.25) is 0 Å². The minimum Gasteiger partial charge on any atom is -0.396 e. The first-order chi connectivity index (χ1) is 15.7. The van der Waals surface area contributed by atoms with Gasteiger partial charge in [0.05, 0.1) is 0 Å². The summed E-state index contributed by atoms with van der Waals surface area (Å²) in [5, 5.41) is 12.2. The molecule has 0 saturated carbocycles. The molecule has 0 aliphatic heterocycles. The number of aliphatic hydroxyl groups excluding tert-OH is 1. The number of unbranched alkanes of at least 4 members (excludes halogenated alkanes) is 3. The molecule has 0 heterocycles. The Hall–Kier alpha value is -2.62. The molecule has 0 spiro atoms. The quantitative estimate of drug-likeness (QED) is 0.255. The predicted molar refractivity (Wildman–Crippen MR) is 136 cm³/mol. The number of aliphatic hydroxyl groups is 1. The molecule has 0 aromatic heterocycles. The van der Waals surface area contributed by atoms with E-state index in [0.29, 0.717) is 6.61 Å². The van der Waals surface area contributed by atoms with Gasteiger partial charge in [0.15, 0.2) is 0 Å². The highest BCUT2D eigenvalue weighted by molar-refractivity contribution is 5.52. The number of hydrogen-bond acceptors (Lipinski definition) is 3. The summed E-state index contributed by atoms with van der Waals surface area (Å²) < 4.78 is 6.80. The first-order valence-electron chi connectivity index (χ1n) is 11.9. The van der Waals surface area contributed by atoms with Gasteiger partial charge in [-0.05, 0) is 48.6 Å². The summed E-state index contributed by atoms with van der Waals surface area (Å²) in [6, 6.07) is 27.7. The molecule has 0 saturated heterocycles. The van der Waals surface area contributed by atoms with Gasteiger partial charge in [-0.2, -0.15) is 0 Å². The summed E-state index contributed by atoms with van der Waals surface area (Å²) in [6.45, 7) is 7.02. The molecule has 1 unspecified atom stereocenters. The molecule has 0 bridgehead atoms.